The highest BCUT2D eigenvalue weighted by Crippen LogP contribution is 2.12. The Morgan fingerprint density at radius 2 is 1.96 bits per heavy atom. The molecule has 1 amide bonds. The molecular formula is C22H28N4O2. The molecule has 0 radical (unpaired) electrons. The van der Waals surface area contributed by atoms with Gasteiger partial charge in [0, 0.05) is 58.1 Å². The van der Waals surface area contributed by atoms with Gasteiger partial charge in [-0.15, -0.1) is 0 Å². The molecule has 0 saturated carbocycles. The Hall–Kier alpha value is -2.70. The molecule has 1 aromatic carbocycles. The zero-order valence-electron chi connectivity index (χ0n) is 16.4. The maximum absolute atomic E-state index is 12.8. The predicted molar refractivity (Wildman–Crippen MR) is 112 cm³/mol. The van der Waals surface area contributed by atoms with Crippen molar-refractivity contribution >= 4 is 17.8 Å². The van der Waals surface area contributed by atoms with E-state index in [0.717, 1.165) is 32.7 Å². The van der Waals surface area contributed by atoms with E-state index in [9.17, 15) is 4.79 Å². The van der Waals surface area contributed by atoms with Gasteiger partial charge in [-0.05, 0) is 17.7 Å². The molecule has 28 heavy (non-hydrogen) atoms. The molecule has 0 spiro atoms. The van der Waals surface area contributed by atoms with Crippen LogP contribution in [0.4, 0.5) is 5.82 Å². The molecule has 1 aliphatic rings. The molecular weight excluding hydrogens is 352 g/mol. The molecule has 0 atom stereocenters. The monoisotopic (exact) mass is 380 g/mol. The number of benzene rings is 1. The second-order valence-electron chi connectivity index (χ2n) is 6.76. The number of anilines is 1. The van der Waals surface area contributed by atoms with Gasteiger partial charge < -0.3 is 15.0 Å². The number of amides is 1. The molecule has 6 heteroatoms. The number of piperazine rings is 1. The molecule has 2 heterocycles. The second-order valence-corrected chi connectivity index (χ2v) is 6.76. The van der Waals surface area contributed by atoms with E-state index >= 15 is 0 Å². The van der Waals surface area contributed by atoms with Crippen LogP contribution >= 0.6 is 0 Å². The summed E-state index contributed by atoms with van der Waals surface area (Å²) >= 11 is 0. The Morgan fingerprint density at radius 3 is 2.71 bits per heavy atom. The van der Waals surface area contributed by atoms with Crippen LogP contribution < -0.4 is 5.32 Å². The third kappa shape index (κ3) is 5.90. The van der Waals surface area contributed by atoms with Crippen molar-refractivity contribution in [3.8, 4) is 0 Å². The first-order valence-electron chi connectivity index (χ1n) is 9.68. The summed E-state index contributed by atoms with van der Waals surface area (Å²) in [7, 11) is 1.66. The van der Waals surface area contributed by atoms with Crippen LogP contribution in [0, 0.1) is 0 Å². The largest absolute Gasteiger partial charge is 0.383 e. The first-order valence-corrected chi connectivity index (χ1v) is 9.68. The average Bonchev–Trinajstić information content (AvgIpc) is 2.75. The molecule has 0 bridgehead atoms. The fourth-order valence-corrected chi connectivity index (χ4v) is 3.16. The number of hydrogen-bond donors (Lipinski definition) is 1. The van der Waals surface area contributed by atoms with E-state index in [1.165, 1.54) is 5.56 Å². The number of methoxy groups -OCH3 is 1. The van der Waals surface area contributed by atoms with Gasteiger partial charge in [0.05, 0.1) is 6.61 Å². The van der Waals surface area contributed by atoms with Gasteiger partial charge in [0.1, 0.15) is 5.82 Å². The van der Waals surface area contributed by atoms with Gasteiger partial charge in [0.25, 0.3) is 5.91 Å². The first-order chi connectivity index (χ1) is 13.8. The van der Waals surface area contributed by atoms with E-state index in [2.05, 4.69) is 39.5 Å². The third-order valence-corrected chi connectivity index (χ3v) is 4.75. The summed E-state index contributed by atoms with van der Waals surface area (Å²) in [6.45, 7) is 5.42. The number of nitrogens with one attached hydrogen (secondary N) is 1. The molecule has 6 nitrogen and oxygen atoms in total. The molecule has 1 saturated heterocycles. The molecule has 0 aliphatic carbocycles. The number of carbonyl (C=O) groups is 1. The van der Waals surface area contributed by atoms with Crippen molar-refractivity contribution < 1.29 is 9.53 Å². The van der Waals surface area contributed by atoms with E-state index in [0.29, 0.717) is 24.5 Å². The quantitative estimate of drug-likeness (QED) is 0.714. The fraction of sp³-hybridized carbons (Fsp3) is 0.364. The summed E-state index contributed by atoms with van der Waals surface area (Å²) < 4.78 is 5.02. The molecule has 1 aliphatic heterocycles. The lowest BCUT2D eigenvalue weighted by atomic mass is 10.2. The number of rotatable bonds is 8. The van der Waals surface area contributed by atoms with Crippen LogP contribution in [0.5, 0.6) is 0 Å². The van der Waals surface area contributed by atoms with Crippen LogP contribution in [0.1, 0.15) is 15.9 Å². The summed E-state index contributed by atoms with van der Waals surface area (Å²) in [5, 5.41) is 3.16. The van der Waals surface area contributed by atoms with Gasteiger partial charge in [-0.1, -0.05) is 42.5 Å². The van der Waals surface area contributed by atoms with Crippen molar-refractivity contribution in [3.05, 3.63) is 65.9 Å². The normalized spacial score (nSPS) is 15.1. The lowest BCUT2D eigenvalue weighted by molar-refractivity contribution is 0.0650. The highest BCUT2D eigenvalue weighted by atomic mass is 16.5. The number of aromatic nitrogens is 1. The van der Waals surface area contributed by atoms with Crippen molar-refractivity contribution in [1.82, 2.24) is 14.8 Å². The molecule has 0 unspecified atom stereocenters. The maximum atomic E-state index is 12.8. The van der Waals surface area contributed by atoms with Crippen LogP contribution in [-0.4, -0.2) is 73.7 Å². The Balaban J connectivity index is 1.47. The fourth-order valence-electron chi connectivity index (χ4n) is 3.16. The van der Waals surface area contributed by atoms with Crippen molar-refractivity contribution in [3.63, 3.8) is 0 Å². The van der Waals surface area contributed by atoms with Gasteiger partial charge in [-0.2, -0.15) is 0 Å². The minimum absolute atomic E-state index is 0.0664. The molecule has 1 fully saturated rings. The zero-order valence-corrected chi connectivity index (χ0v) is 16.4. The van der Waals surface area contributed by atoms with Crippen LogP contribution in [0.15, 0.2) is 54.7 Å². The summed E-state index contributed by atoms with van der Waals surface area (Å²) in [6.07, 6.45) is 6.01. The van der Waals surface area contributed by atoms with Crippen molar-refractivity contribution in [2.45, 2.75) is 0 Å². The minimum Gasteiger partial charge on any atom is -0.383 e. The van der Waals surface area contributed by atoms with Gasteiger partial charge in [0.15, 0.2) is 0 Å². The van der Waals surface area contributed by atoms with Crippen LogP contribution in [0.3, 0.4) is 0 Å². The van der Waals surface area contributed by atoms with Gasteiger partial charge in [-0.3, -0.25) is 9.69 Å². The standard InChI is InChI=1S/C22H28N4O2/c1-28-17-11-24-21-18-20(9-10-23-21)22(27)26-15-13-25(14-16-26)12-5-8-19-6-3-2-4-7-19/h2-10,18H,11-17H2,1H3,(H,23,24)/b8-5+. The van der Waals surface area contributed by atoms with E-state index < -0.39 is 0 Å². The number of ether oxygens (including phenoxy) is 1. The van der Waals surface area contributed by atoms with Gasteiger partial charge in [0.2, 0.25) is 0 Å². The lowest BCUT2D eigenvalue weighted by Crippen LogP contribution is -2.48. The summed E-state index contributed by atoms with van der Waals surface area (Å²) in [6, 6.07) is 13.9. The van der Waals surface area contributed by atoms with Gasteiger partial charge in [-0.25, -0.2) is 4.98 Å². The molecule has 148 valence electrons. The van der Waals surface area contributed by atoms with Crippen molar-refractivity contribution in [2.75, 3.05) is 58.3 Å². The van der Waals surface area contributed by atoms with E-state index in [-0.39, 0.29) is 5.91 Å². The number of hydrogen-bond acceptors (Lipinski definition) is 5. The molecule has 2 aromatic rings. The SMILES string of the molecule is COCCNc1cc(C(=O)N2CCN(C/C=C/c3ccccc3)CC2)ccn1. The third-order valence-electron chi connectivity index (χ3n) is 4.75. The number of nitrogens with zero attached hydrogens (tertiary/aromatic N) is 3. The summed E-state index contributed by atoms with van der Waals surface area (Å²) in [5.41, 5.74) is 1.89. The predicted octanol–water partition coefficient (Wildman–Crippen LogP) is 2.61. The first kappa shape index (κ1) is 20.0. The van der Waals surface area contributed by atoms with Crippen molar-refractivity contribution in [1.29, 1.82) is 0 Å². The Morgan fingerprint density at radius 1 is 1.18 bits per heavy atom. The lowest BCUT2D eigenvalue weighted by Gasteiger charge is -2.34. The summed E-state index contributed by atoms with van der Waals surface area (Å²) in [5.74, 6) is 0.768. The average molecular weight is 380 g/mol. The zero-order chi connectivity index (χ0) is 19.6. The molecule has 1 N–H and O–H groups in total. The summed E-state index contributed by atoms with van der Waals surface area (Å²) in [4.78, 5) is 21.3. The van der Waals surface area contributed by atoms with Gasteiger partial charge >= 0.3 is 0 Å². The second kappa shape index (κ2) is 10.6. The smallest absolute Gasteiger partial charge is 0.254 e. The number of carbonyl (C=O) groups excluding carboxylic acids is 1. The van der Waals surface area contributed by atoms with E-state index in [1.54, 1.807) is 19.4 Å². The Labute approximate surface area is 166 Å². The van der Waals surface area contributed by atoms with Crippen molar-refractivity contribution in [2.24, 2.45) is 0 Å². The highest BCUT2D eigenvalue weighted by Gasteiger charge is 2.21. The van der Waals surface area contributed by atoms with Crippen LogP contribution in [0.25, 0.3) is 6.08 Å². The minimum atomic E-state index is 0.0664. The highest BCUT2D eigenvalue weighted by molar-refractivity contribution is 5.94. The Kier molecular flexibility index (Phi) is 7.58. The maximum Gasteiger partial charge on any atom is 0.254 e. The Bertz CT molecular complexity index is 771. The molecule has 1 aromatic heterocycles. The van der Waals surface area contributed by atoms with E-state index in [1.807, 2.05) is 29.2 Å². The topological polar surface area (TPSA) is 57.7 Å². The molecule has 3 rings (SSSR count). The number of pyridine rings is 1. The van der Waals surface area contributed by atoms with E-state index in [4.69, 9.17) is 4.74 Å². The van der Waals surface area contributed by atoms with Crippen LogP contribution in [0.2, 0.25) is 0 Å². The van der Waals surface area contributed by atoms with Crippen LogP contribution in [-0.2, 0) is 4.74 Å².